The standard InChI is InChI=1S/C6H10O4.Ag/c1-3(5(7)8)4(2)6(9)10;/h3-4H,1-2H3,(H,7,8)(H,9,10);. The van der Waals surface area contributed by atoms with Crippen LogP contribution in [0.1, 0.15) is 13.8 Å². The molecule has 1 radical (unpaired) electrons. The van der Waals surface area contributed by atoms with Gasteiger partial charge in [0.25, 0.3) is 0 Å². The summed E-state index contributed by atoms with van der Waals surface area (Å²) in [6, 6.07) is 0. The molecule has 0 aliphatic carbocycles. The van der Waals surface area contributed by atoms with Gasteiger partial charge in [-0.15, -0.1) is 0 Å². The topological polar surface area (TPSA) is 74.6 Å². The summed E-state index contributed by atoms with van der Waals surface area (Å²) in [4.78, 5) is 20.4. The third kappa shape index (κ3) is 4.19. The predicted octanol–water partition coefficient (Wildman–Crippen LogP) is 0.425. The van der Waals surface area contributed by atoms with Gasteiger partial charge in [0, 0.05) is 22.4 Å². The molecule has 0 aromatic carbocycles. The van der Waals surface area contributed by atoms with Crippen molar-refractivity contribution in [2.45, 2.75) is 13.8 Å². The number of carboxylic acids is 2. The van der Waals surface area contributed by atoms with E-state index in [1.165, 1.54) is 13.8 Å². The normalized spacial score (nSPS) is 14.4. The molecule has 2 atom stereocenters. The molecular formula is C6H10AgO4. The van der Waals surface area contributed by atoms with Gasteiger partial charge in [-0.05, 0) is 0 Å². The van der Waals surface area contributed by atoms with Crippen molar-refractivity contribution >= 4 is 11.9 Å². The second kappa shape index (κ2) is 5.35. The number of carbonyl (C=O) groups is 2. The van der Waals surface area contributed by atoms with Gasteiger partial charge < -0.3 is 10.2 Å². The Morgan fingerprint density at radius 2 is 1.18 bits per heavy atom. The summed E-state index contributed by atoms with van der Waals surface area (Å²) in [7, 11) is 0. The van der Waals surface area contributed by atoms with E-state index in [9.17, 15) is 9.59 Å². The van der Waals surface area contributed by atoms with Crippen LogP contribution in [0.4, 0.5) is 0 Å². The molecule has 0 fully saturated rings. The fourth-order valence-electron chi connectivity index (χ4n) is 0.428. The Labute approximate surface area is 80.1 Å². The minimum Gasteiger partial charge on any atom is -0.481 e. The van der Waals surface area contributed by atoms with E-state index in [1.807, 2.05) is 0 Å². The number of hydrogen-bond acceptors (Lipinski definition) is 2. The molecule has 11 heavy (non-hydrogen) atoms. The second-order valence-electron chi connectivity index (χ2n) is 2.25. The molecule has 0 aromatic rings. The Bertz CT molecular complexity index is 139. The maximum atomic E-state index is 10.2. The summed E-state index contributed by atoms with van der Waals surface area (Å²) >= 11 is 0. The van der Waals surface area contributed by atoms with E-state index in [1.54, 1.807) is 0 Å². The molecule has 0 bridgehead atoms. The van der Waals surface area contributed by atoms with Gasteiger partial charge in [-0.3, -0.25) is 9.59 Å². The minimum absolute atomic E-state index is 0. The average molecular weight is 254 g/mol. The van der Waals surface area contributed by atoms with Crippen LogP contribution in [0.25, 0.3) is 0 Å². The summed E-state index contributed by atoms with van der Waals surface area (Å²) in [5.74, 6) is -3.79. The van der Waals surface area contributed by atoms with Crippen molar-refractivity contribution in [3.05, 3.63) is 0 Å². The zero-order chi connectivity index (χ0) is 8.31. The van der Waals surface area contributed by atoms with Gasteiger partial charge in [0.05, 0.1) is 11.8 Å². The smallest absolute Gasteiger partial charge is 0.307 e. The van der Waals surface area contributed by atoms with Crippen molar-refractivity contribution in [2.75, 3.05) is 0 Å². The molecule has 0 saturated carbocycles. The van der Waals surface area contributed by atoms with E-state index < -0.39 is 23.8 Å². The van der Waals surface area contributed by atoms with Gasteiger partial charge in [-0.25, -0.2) is 0 Å². The molecule has 0 amide bonds. The van der Waals surface area contributed by atoms with E-state index in [2.05, 4.69) is 0 Å². The molecule has 4 nitrogen and oxygen atoms in total. The molecule has 0 aromatic heterocycles. The van der Waals surface area contributed by atoms with Crippen LogP contribution in [0, 0.1) is 11.8 Å². The quantitative estimate of drug-likeness (QED) is 0.716. The molecule has 2 N–H and O–H groups in total. The van der Waals surface area contributed by atoms with E-state index in [4.69, 9.17) is 10.2 Å². The Morgan fingerprint density at radius 3 is 1.27 bits per heavy atom. The maximum absolute atomic E-state index is 10.2. The molecule has 0 rings (SSSR count). The fraction of sp³-hybridized carbons (Fsp3) is 0.667. The van der Waals surface area contributed by atoms with Gasteiger partial charge >= 0.3 is 11.9 Å². The van der Waals surface area contributed by atoms with Crippen LogP contribution >= 0.6 is 0 Å². The van der Waals surface area contributed by atoms with Crippen molar-refractivity contribution in [2.24, 2.45) is 11.8 Å². The van der Waals surface area contributed by atoms with Crippen LogP contribution < -0.4 is 0 Å². The monoisotopic (exact) mass is 253 g/mol. The Hall–Kier alpha value is -0.320. The van der Waals surface area contributed by atoms with Crippen LogP contribution in [0.5, 0.6) is 0 Å². The molecule has 0 aliphatic heterocycles. The van der Waals surface area contributed by atoms with Crippen LogP contribution in [-0.4, -0.2) is 22.2 Å². The van der Waals surface area contributed by atoms with Gasteiger partial charge in [0.15, 0.2) is 0 Å². The second-order valence-corrected chi connectivity index (χ2v) is 2.25. The van der Waals surface area contributed by atoms with Gasteiger partial charge in [-0.1, -0.05) is 13.8 Å². The van der Waals surface area contributed by atoms with E-state index in [-0.39, 0.29) is 22.4 Å². The molecule has 5 heteroatoms. The van der Waals surface area contributed by atoms with Gasteiger partial charge in [0.1, 0.15) is 0 Å². The van der Waals surface area contributed by atoms with Crippen LogP contribution in [-0.2, 0) is 32.0 Å². The van der Waals surface area contributed by atoms with E-state index >= 15 is 0 Å². The average Bonchev–Trinajstić information content (AvgIpc) is 1.84. The molecule has 0 aliphatic rings. The number of aliphatic carboxylic acids is 2. The molecule has 0 spiro atoms. The summed E-state index contributed by atoms with van der Waals surface area (Å²) in [5, 5.41) is 16.7. The maximum Gasteiger partial charge on any atom is 0.307 e. The zero-order valence-electron chi connectivity index (χ0n) is 6.17. The first-order valence-corrected chi connectivity index (χ1v) is 2.92. The predicted molar refractivity (Wildman–Crippen MR) is 33.6 cm³/mol. The van der Waals surface area contributed by atoms with Gasteiger partial charge in [0.2, 0.25) is 0 Å². The third-order valence-electron chi connectivity index (χ3n) is 1.53. The zero-order valence-corrected chi connectivity index (χ0v) is 7.65. The SMILES string of the molecule is CC(C(=O)O)C(C)C(=O)O.[Ag]. The van der Waals surface area contributed by atoms with Crippen molar-refractivity contribution in [1.82, 2.24) is 0 Å². The molecule has 69 valence electrons. The number of rotatable bonds is 3. The Morgan fingerprint density at radius 1 is 1.00 bits per heavy atom. The number of carboxylic acid groups (broad SMARTS) is 2. The molecule has 2 unspecified atom stereocenters. The summed E-state index contributed by atoms with van der Waals surface area (Å²) in [6.45, 7) is 2.75. The molecule has 0 saturated heterocycles. The first kappa shape index (κ1) is 13.3. The van der Waals surface area contributed by atoms with E-state index in [0.717, 1.165) is 0 Å². The van der Waals surface area contributed by atoms with Crippen molar-refractivity contribution in [3.8, 4) is 0 Å². The van der Waals surface area contributed by atoms with Crippen LogP contribution in [0.2, 0.25) is 0 Å². The summed E-state index contributed by atoms with van der Waals surface area (Å²) in [5.41, 5.74) is 0. The van der Waals surface area contributed by atoms with Crippen molar-refractivity contribution in [1.29, 1.82) is 0 Å². The van der Waals surface area contributed by atoms with E-state index in [0.29, 0.717) is 0 Å². The third-order valence-corrected chi connectivity index (χ3v) is 1.53. The van der Waals surface area contributed by atoms with Crippen molar-refractivity contribution in [3.63, 3.8) is 0 Å². The largest absolute Gasteiger partial charge is 0.481 e. The van der Waals surface area contributed by atoms with Gasteiger partial charge in [-0.2, -0.15) is 0 Å². The first-order valence-electron chi connectivity index (χ1n) is 2.92. The molecule has 0 heterocycles. The Kier molecular flexibility index (Phi) is 6.46. The fourth-order valence-corrected chi connectivity index (χ4v) is 0.428. The Balaban J connectivity index is 0. The van der Waals surface area contributed by atoms with Crippen LogP contribution in [0.15, 0.2) is 0 Å². The minimum atomic E-state index is -1.07. The summed E-state index contributed by atoms with van der Waals surface area (Å²) < 4.78 is 0. The summed E-state index contributed by atoms with van der Waals surface area (Å²) in [6.07, 6.45) is 0. The number of hydrogen-bond donors (Lipinski definition) is 2. The first-order chi connectivity index (χ1) is 4.46. The van der Waals surface area contributed by atoms with Crippen molar-refractivity contribution < 1.29 is 42.2 Å². The molecular weight excluding hydrogens is 244 g/mol. The van der Waals surface area contributed by atoms with Crippen LogP contribution in [0.3, 0.4) is 0 Å².